The molecule has 2 unspecified atom stereocenters. The summed E-state index contributed by atoms with van der Waals surface area (Å²) in [5, 5.41) is 8.59. The van der Waals surface area contributed by atoms with E-state index in [0.29, 0.717) is 5.92 Å². The van der Waals surface area contributed by atoms with Crippen LogP contribution in [0.25, 0.3) is 0 Å². The molecular formula is C10H16N2O. The summed E-state index contributed by atoms with van der Waals surface area (Å²) in [6.07, 6.45) is 2.23. The molecule has 0 aromatic carbocycles. The lowest BCUT2D eigenvalue weighted by molar-refractivity contribution is -0.132. The molecule has 0 aromatic heterocycles. The minimum Gasteiger partial charge on any atom is -0.341 e. The summed E-state index contributed by atoms with van der Waals surface area (Å²) in [5.74, 6) is 0.170. The van der Waals surface area contributed by atoms with Gasteiger partial charge in [0.2, 0.25) is 5.91 Å². The van der Waals surface area contributed by atoms with Crippen LogP contribution in [0.4, 0.5) is 0 Å². The van der Waals surface area contributed by atoms with Crippen LogP contribution in [-0.2, 0) is 4.79 Å². The van der Waals surface area contributed by atoms with Crippen LogP contribution in [0.5, 0.6) is 0 Å². The van der Waals surface area contributed by atoms with Crippen molar-refractivity contribution in [3.8, 4) is 6.07 Å². The van der Waals surface area contributed by atoms with Crippen molar-refractivity contribution in [3.05, 3.63) is 0 Å². The molecule has 0 saturated carbocycles. The first-order chi connectivity index (χ1) is 6.19. The van der Waals surface area contributed by atoms with E-state index < -0.39 is 5.92 Å². The van der Waals surface area contributed by atoms with Crippen LogP contribution in [0.15, 0.2) is 0 Å². The number of rotatable bonds is 2. The van der Waals surface area contributed by atoms with Gasteiger partial charge in [0.05, 0.1) is 6.07 Å². The molecule has 13 heavy (non-hydrogen) atoms. The lowest BCUT2D eigenvalue weighted by Gasteiger charge is -2.17. The van der Waals surface area contributed by atoms with E-state index in [2.05, 4.69) is 6.92 Å². The number of nitrogens with zero attached hydrogens (tertiary/aromatic N) is 2. The topological polar surface area (TPSA) is 44.1 Å². The number of hydrogen-bond donors (Lipinski definition) is 0. The van der Waals surface area contributed by atoms with Crippen LogP contribution in [-0.4, -0.2) is 23.9 Å². The Balaban J connectivity index is 2.47. The standard InChI is InChI=1S/C10H16N2O/c1-3-9-4-5-12(7-9)10(13)8(2)6-11/h8-9H,3-5,7H2,1-2H3. The number of carbonyl (C=O) groups is 1. The van der Waals surface area contributed by atoms with Crippen molar-refractivity contribution in [2.75, 3.05) is 13.1 Å². The minimum atomic E-state index is -0.476. The van der Waals surface area contributed by atoms with Crippen molar-refractivity contribution in [2.24, 2.45) is 11.8 Å². The van der Waals surface area contributed by atoms with Crippen LogP contribution >= 0.6 is 0 Å². The number of hydrogen-bond acceptors (Lipinski definition) is 2. The van der Waals surface area contributed by atoms with Gasteiger partial charge in [-0.15, -0.1) is 0 Å². The lowest BCUT2D eigenvalue weighted by Crippen LogP contribution is -2.32. The molecule has 0 spiro atoms. The van der Waals surface area contributed by atoms with Crippen molar-refractivity contribution < 1.29 is 4.79 Å². The summed E-state index contributed by atoms with van der Waals surface area (Å²) in [6.45, 7) is 5.50. The molecule has 2 atom stereocenters. The van der Waals surface area contributed by atoms with E-state index in [9.17, 15) is 4.79 Å². The Morgan fingerprint density at radius 3 is 2.92 bits per heavy atom. The zero-order valence-corrected chi connectivity index (χ0v) is 8.29. The highest BCUT2D eigenvalue weighted by atomic mass is 16.2. The van der Waals surface area contributed by atoms with E-state index in [0.717, 1.165) is 25.9 Å². The van der Waals surface area contributed by atoms with Gasteiger partial charge in [-0.25, -0.2) is 0 Å². The van der Waals surface area contributed by atoms with Crippen molar-refractivity contribution in [2.45, 2.75) is 26.7 Å². The molecule has 3 nitrogen and oxygen atoms in total. The Morgan fingerprint density at radius 2 is 2.46 bits per heavy atom. The molecule has 1 heterocycles. The average molecular weight is 180 g/mol. The molecule has 3 heteroatoms. The first-order valence-electron chi connectivity index (χ1n) is 4.87. The second-order valence-electron chi connectivity index (χ2n) is 3.70. The van der Waals surface area contributed by atoms with Gasteiger partial charge < -0.3 is 4.90 Å². The first kappa shape index (κ1) is 10.0. The van der Waals surface area contributed by atoms with Gasteiger partial charge in [0.15, 0.2) is 0 Å². The Hall–Kier alpha value is -1.04. The molecule has 0 N–H and O–H groups in total. The van der Waals surface area contributed by atoms with Gasteiger partial charge in [-0.3, -0.25) is 4.79 Å². The highest BCUT2D eigenvalue weighted by molar-refractivity contribution is 5.81. The minimum absolute atomic E-state index is 0.00144. The molecule has 1 saturated heterocycles. The van der Waals surface area contributed by atoms with Gasteiger partial charge in [0, 0.05) is 13.1 Å². The Kier molecular flexibility index (Phi) is 3.30. The van der Waals surface area contributed by atoms with Crippen LogP contribution in [0.1, 0.15) is 26.7 Å². The number of amides is 1. The van der Waals surface area contributed by atoms with Gasteiger partial charge in [-0.05, 0) is 19.3 Å². The Labute approximate surface area is 79.3 Å². The SMILES string of the molecule is CCC1CCN(C(=O)C(C)C#N)C1. The fourth-order valence-electron chi connectivity index (χ4n) is 1.70. The van der Waals surface area contributed by atoms with E-state index in [-0.39, 0.29) is 5.91 Å². The summed E-state index contributed by atoms with van der Waals surface area (Å²) in [5.41, 5.74) is 0. The summed E-state index contributed by atoms with van der Waals surface area (Å²) >= 11 is 0. The third-order valence-electron chi connectivity index (χ3n) is 2.74. The van der Waals surface area contributed by atoms with Crippen LogP contribution in [0.3, 0.4) is 0 Å². The van der Waals surface area contributed by atoms with E-state index in [1.807, 2.05) is 11.0 Å². The van der Waals surface area contributed by atoms with E-state index in [1.54, 1.807) is 6.92 Å². The zero-order valence-electron chi connectivity index (χ0n) is 8.29. The van der Waals surface area contributed by atoms with Gasteiger partial charge in [0.1, 0.15) is 5.92 Å². The molecule has 0 radical (unpaired) electrons. The molecule has 1 aliphatic rings. The third-order valence-corrected chi connectivity index (χ3v) is 2.74. The van der Waals surface area contributed by atoms with Crippen molar-refractivity contribution in [1.29, 1.82) is 5.26 Å². The highest BCUT2D eigenvalue weighted by Crippen LogP contribution is 2.20. The maximum Gasteiger partial charge on any atom is 0.239 e. The molecule has 0 aromatic rings. The fourth-order valence-corrected chi connectivity index (χ4v) is 1.70. The summed E-state index contributed by atoms with van der Waals surface area (Å²) < 4.78 is 0. The van der Waals surface area contributed by atoms with Crippen molar-refractivity contribution in [1.82, 2.24) is 4.90 Å². The zero-order chi connectivity index (χ0) is 9.84. The van der Waals surface area contributed by atoms with E-state index in [1.165, 1.54) is 0 Å². The second kappa shape index (κ2) is 4.27. The predicted octanol–water partition coefficient (Wildman–Crippen LogP) is 1.40. The summed E-state index contributed by atoms with van der Waals surface area (Å²) in [6, 6.07) is 1.98. The average Bonchev–Trinajstić information content (AvgIpc) is 2.63. The Morgan fingerprint density at radius 1 is 1.77 bits per heavy atom. The highest BCUT2D eigenvalue weighted by Gasteiger charge is 2.27. The molecule has 1 amide bonds. The van der Waals surface area contributed by atoms with Crippen LogP contribution in [0, 0.1) is 23.2 Å². The third kappa shape index (κ3) is 2.21. The quantitative estimate of drug-likeness (QED) is 0.644. The number of likely N-dealkylation sites (tertiary alicyclic amines) is 1. The van der Waals surface area contributed by atoms with E-state index in [4.69, 9.17) is 5.26 Å². The van der Waals surface area contributed by atoms with Gasteiger partial charge in [-0.1, -0.05) is 13.3 Å². The van der Waals surface area contributed by atoms with Crippen LogP contribution < -0.4 is 0 Å². The Bertz CT molecular complexity index is 232. The number of carbonyl (C=O) groups excluding carboxylic acids is 1. The molecule has 0 aliphatic carbocycles. The predicted molar refractivity (Wildman–Crippen MR) is 49.8 cm³/mol. The molecule has 72 valence electrons. The number of nitriles is 1. The molecular weight excluding hydrogens is 164 g/mol. The fraction of sp³-hybridized carbons (Fsp3) is 0.800. The van der Waals surface area contributed by atoms with Crippen molar-refractivity contribution >= 4 is 5.91 Å². The van der Waals surface area contributed by atoms with Gasteiger partial charge in [-0.2, -0.15) is 5.26 Å². The van der Waals surface area contributed by atoms with Crippen LogP contribution in [0.2, 0.25) is 0 Å². The molecule has 0 bridgehead atoms. The lowest BCUT2D eigenvalue weighted by atomic mass is 10.1. The molecule has 1 aliphatic heterocycles. The first-order valence-corrected chi connectivity index (χ1v) is 4.87. The van der Waals surface area contributed by atoms with Gasteiger partial charge >= 0.3 is 0 Å². The van der Waals surface area contributed by atoms with E-state index >= 15 is 0 Å². The summed E-state index contributed by atoms with van der Waals surface area (Å²) in [4.78, 5) is 13.4. The largest absolute Gasteiger partial charge is 0.341 e. The maximum absolute atomic E-state index is 11.5. The monoisotopic (exact) mass is 180 g/mol. The van der Waals surface area contributed by atoms with Gasteiger partial charge in [0.25, 0.3) is 0 Å². The second-order valence-corrected chi connectivity index (χ2v) is 3.70. The molecule has 1 fully saturated rings. The summed E-state index contributed by atoms with van der Waals surface area (Å²) in [7, 11) is 0. The molecule has 1 rings (SSSR count). The smallest absolute Gasteiger partial charge is 0.239 e. The maximum atomic E-state index is 11.5. The normalized spacial score (nSPS) is 24.1. The van der Waals surface area contributed by atoms with Crippen molar-refractivity contribution in [3.63, 3.8) is 0 Å².